The maximum Gasteiger partial charge on any atom is 0.127 e. The van der Waals surface area contributed by atoms with Crippen molar-refractivity contribution in [1.29, 1.82) is 0 Å². The number of rotatable bonds is 5. The molecule has 0 unspecified atom stereocenters. The van der Waals surface area contributed by atoms with Crippen molar-refractivity contribution < 1.29 is 9.13 Å². The Morgan fingerprint density at radius 3 is 2.17 bits per heavy atom. The maximum atomic E-state index is 13.5. The predicted molar refractivity (Wildman–Crippen MR) is 93.4 cm³/mol. The van der Waals surface area contributed by atoms with Crippen molar-refractivity contribution in [2.24, 2.45) is 0 Å². The van der Waals surface area contributed by atoms with E-state index in [2.05, 4.69) is 10.2 Å². The first-order valence-electron chi connectivity index (χ1n) is 7.70. The van der Waals surface area contributed by atoms with Crippen LogP contribution < -0.4 is 10.1 Å². The molecular weight excluding hydrogens is 315 g/mol. The number of hydrogen-bond acceptors (Lipinski definition) is 3. The quantitative estimate of drug-likeness (QED) is 0.898. The number of nitrogens with zero attached hydrogens (tertiary/aromatic N) is 1. The first kappa shape index (κ1) is 17.7. The van der Waals surface area contributed by atoms with Crippen LogP contribution >= 0.6 is 12.4 Å². The van der Waals surface area contributed by atoms with Crippen LogP contribution in [0.5, 0.6) is 11.5 Å². The molecule has 5 heteroatoms. The summed E-state index contributed by atoms with van der Waals surface area (Å²) in [7, 11) is 0. The van der Waals surface area contributed by atoms with Gasteiger partial charge in [0.25, 0.3) is 0 Å². The number of halogens is 2. The lowest BCUT2D eigenvalue weighted by molar-refractivity contribution is 0.147. The highest BCUT2D eigenvalue weighted by Crippen LogP contribution is 2.26. The molecular formula is C18H22ClFN2O. The zero-order valence-corrected chi connectivity index (χ0v) is 13.8. The highest BCUT2D eigenvalue weighted by Gasteiger charge is 2.21. The summed E-state index contributed by atoms with van der Waals surface area (Å²) in [4.78, 5) is 2.20. The third kappa shape index (κ3) is 4.67. The Labute approximate surface area is 142 Å². The minimum Gasteiger partial charge on any atom is -0.457 e. The molecule has 3 nitrogen and oxygen atoms in total. The summed E-state index contributed by atoms with van der Waals surface area (Å²) < 4.78 is 19.3. The lowest BCUT2D eigenvalue weighted by atomic mass is 10.1. The van der Waals surface area contributed by atoms with Crippen molar-refractivity contribution in [3.05, 3.63) is 60.2 Å². The SMILES string of the molecule is Cl.FC[C@H](c1ccc(Oc2ccccc2)cc1)N1CCNCC1. The number of nitrogens with one attached hydrogen (secondary N) is 1. The number of para-hydroxylation sites is 1. The highest BCUT2D eigenvalue weighted by molar-refractivity contribution is 5.85. The predicted octanol–water partition coefficient (Wildman–Crippen LogP) is 3.82. The van der Waals surface area contributed by atoms with Crippen LogP contribution in [0.25, 0.3) is 0 Å². The summed E-state index contributed by atoms with van der Waals surface area (Å²) >= 11 is 0. The fourth-order valence-electron chi connectivity index (χ4n) is 2.77. The molecule has 3 rings (SSSR count). The molecule has 0 aliphatic carbocycles. The van der Waals surface area contributed by atoms with Crippen molar-refractivity contribution in [1.82, 2.24) is 10.2 Å². The smallest absolute Gasteiger partial charge is 0.127 e. The van der Waals surface area contributed by atoms with Gasteiger partial charge in [-0.05, 0) is 29.8 Å². The van der Waals surface area contributed by atoms with Crippen LogP contribution in [0.3, 0.4) is 0 Å². The number of hydrogen-bond donors (Lipinski definition) is 1. The lowest BCUT2D eigenvalue weighted by Crippen LogP contribution is -2.45. The van der Waals surface area contributed by atoms with Gasteiger partial charge in [-0.25, -0.2) is 4.39 Å². The van der Waals surface area contributed by atoms with Crippen LogP contribution in [0.15, 0.2) is 54.6 Å². The van der Waals surface area contributed by atoms with Gasteiger partial charge in [-0.1, -0.05) is 30.3 Å². The number of ether oxygens (including phenoxy) is 1. The van der Waals surface area contributed by atoms with Crippen molar-refractivity contribution in [2.75, 3.05) is 32.9 Å². The second-order valence-electron chi connectivity index (χ2n) is 5.44. The first-order valence-corrected chi connectivity index (χ1v) is 7.70. The average Bonchev–Trinajstić information content (AvgIpc) is 2.59. The van der Waals surface area contributed by atoms with Crippen LogP contribution in [0.1, 0.15) is 11.6 Å². The molecule has 1 N–H and O–H groups in total. The summed E-state index contributed by atoms with van der Waals surface area (Å²) in [6.45, 7) is 3.25. The van der Waals surface area contributed by atoms with Gasteiger partial charge in [0.15, 0.2) is 0 Å². The van der Waals surface area contributed by atoms with Gasteiger partial charge in [0, 0.05) is 26.2 Å². The van der Waals surface area contributed by atoms with Gasteiger partial charge in [-0.15, -0.1) is 12.4 Å². The standard InChI is InChI=1S/C18H21FN2O.ClH/c19-14-18(21-12-10-20-11-13-21)15-6-8-17(9-7-15)22-16-4-2-1-3-5-16;/h1-9,18,20H,10-14H2;1H/t18-;/m1./s1. The lowest BCUT2D eigenvalue weighted by Gasteiger charge is -2.33. The number of alkyl halides is 1. The second-order valence-corrected chi connectivity index (χ2v) is 5.44. The van der Waals surface area contributed by atoms with Gasteiger partial charge in [0.1, 0.15) is 18.2 Å². The molecule has 1 aliphatic heterocycles. The molecule has 0 spiro atoms. The largest absolute Gasteiger partial charge is 0.457 e. The van der Waals surface area contributed by atoms with Crippen molar-refractivity contribution >= 4 is 12.4 Å². The van der Waals surface area contributed by atoms with E-state index in [1.165, 1.54) is 0 Å². The Bertz CT molecular complexity index is 573. The zero-order valence-electron chi connectivity index (χ0n) is 13.0. The number of piperazine rings is 1. The minimum absolute atomic E-state index is 0. The maximum absolute atomic E-state index is 13.5. The fraction of sp³-hybridized carbons (Fsp3) is 0.333. The monoisotopic (exact) mass is 336 g/mol. The van der Waals surface area contributed by atoms with Gasteiger partial charge in [-0.2, -0.15) is 0 Å². The van der Waals surface area contributed by atoms with Crippen molar-refractivity contribution in [3.8, 4) is 11.5 Å². The van der Waals surface area contributed by atoms with E-state index in [1.807, 2.05) is 54.6 Å². The van der Waals surface area contributed by atoms with E-state index >= 15 is 0 Å². The Balaban J connectivity index is 0.00000192. The van der Waals surface area contributed by atoms with Crippen LogP contribution in [0.4, 0.5) is 4.39 Å². The van der Waals surface area contributed by atoms with Crippen molar-refractivity contribution in [3.63, 3.8) is 0 Å². The molecule has 1 fully saturated rings. The summed E-state index contributed by atoms with van der Waals surface area (Å²) in [6, 6.07) is 17.2. The van der Waals surface area contributed by atoms with E-state index in [0.717, 1.165) is 43.2 Å². The molecule has 0 aromatic heterocycles. The summed E-state index contributed by atoms with van der Waals surface area (Å²) in [5.41, 5.74) is 1.00. The van der Waals surface area contributed by atoms with Gasteiger partial charge in [-0.3, -0.25) is 4.90 Å². The zero-order chi connectivity index (χ0) is 15.2. The average molecular weight is 337 g/mol. The van der Waals surface area contributed by atoms with E-state index in [-0.39, 0.29) is 25.1 Å². The van der Waals surface area contributed by atoms with E-state index < -0.39 is 0 Å². The van der Waals surface area contributed by atoms with Crippen molar-refractivity contribution in [2.45, 2.75) is 6.04 Å². The van der Waals surface area contributed by atoms with E-state index in [9.17, 15) is 4.39 Å². The normalized spacial score (nSPS) is 16.4. The summed E-state index contributed by atoms with van der Waals surface area (Å²) in [5, 5.41) is 3.30. The van der Waals surface area contributed by atoms with Crippen LogP contribution in [-0.4, -0.2) is 37.8 Å². The van der Waals surface area contributed by atoms with Crippen LogP contribution in [0, 0.1) is 0 Å². The molecule has 1 aliphatic rings. The van der Waals surface area contributed by atoms with E-state index in [4.69, 9.17) is 4.74 Å². The summed E-state index contributed by atoms with van der Waals surface area (Å²) in [6.07, 6.45) is 0. The third-order valence-electron chi connectivity index (χ3n) is 3.98. The van der Waals surface area contributed by atoms with Gasteiger partial charge >= 0.3 is 0 Å². The molecule has 1 heterocycles. The van der Waals surface area contributed by atoms with Gasteiger partial charge < -0.3 is 10.1 Å². The van der Waals surface area contributed by atoms with E-state index in [1.54, 1.807) is 0 Å². The molecule has 0 bridgehead atoms. The Morgan fingerprint density at radius 2 is 1.57 bits per heavy atom. The van der Waals surface area contributed by atoms with Crippen LogP contribution in [0.2, 0.25) is 0 Å². The topological polar surface area (TPSA) is 24.5 Å². The highest BCUT2D eigenvalue weighted by atomic mass is 35.5. The molecule has 124 valence electrons. The second kappa shape index (κ2) is 8.87. The Hall–Kier alpha value is -1.62. The van der Waals surface area contributed by atoms with Crippen LogP contribution in [-0.2, 0) is 0 Å². The van der Waals surface area contributed by atoms with E-state index in [0.29, 0.717) is 0 Å². The van der Waals surface area contributed by atoms with Gasteiger partial charge in [0.05, 0.1) is 6.04 Å². The molecule has 1 saturated heterocycles. The molecule has 23 heavy (non-hydrogen) atoms. The third-order valence-corrected chi connectivity index (χ3v) is 3.98. The molecule has 2 aromatic rings. The molecule has 2 aromatic carbocycles. The molecule has 0 saturated carbocycles. The fourth-order valence-corrected chi connectivity index (χ4v) is 2.77. The van der Waals surface area contributed by atoms with Gasteiger partial charge in [0.2, 0.25) is 0 Å². The molecule has 0 amide bonds. The Kier molecular flexibility index (Phi) is 6.84. The molecule has 1 atom stereocenters. The minimum atomic E-state index is -0.362. The first-order chi connectivity index (χ1) is 10.9. The Morgan fingerprint density at radius 1 is 0.957 bits per heavy atom. The number of benzene rings is 2. The molecule has 0 radical (unpaired) electrons. The summed E-state index contributed by atoms with van der Waals surface area (Å²) in [5.74, 6) is 1.58.